The minimum Gasteiger partial charge on any atom is -0.339 e. The number of piperazine rings is 1. The maximum absolute atomic E-state index is 13.4. The summed E-state index contributed by atoms with van der Waals surface area (Å²) in [4.78, 5) is 31.0. The van der Waals surface area contributed by atoms with Gasteiger partial charge in [0.15, 0.2) is 0 Å². The predicted molar refractivity (Wildman–Crippen MR) is 115 cm³/mol. The molecule has 2 fully saturated rings. The average molecular weight is 418 g/mol. The molecule has 3 atom stereocenters. The van der Waals surface area contributed by atoms with E-state index in [1.165, 1.54) is 0 Å². The molecule has 1 amide bonds. The molecule has 0 bridgehead atoms. The van der Waals surface area contributed by atoms with Crippen LogP contribution in [0.3, 0.4) is 0 Å². The van der Waals surface area contributed by atoms with E-state index in [0.29, 0.717) is 11.8 Å². The lowest BCUT2D eigenvalue weighted by Gasteiger charge is -2.40. The topological polar surface area (TPSA) is 61.7 Å². The van der Waals surface area contributed by atoms with Crippen LogP contribution in [0.5, 0.6) is 0 Å². The SMILES string of the molecule is Cl.O=C(C1CSC23C=CC=CC2=NCCC13)N1CCN(c2ncccn2)CC1. The Bertz CT molecular complexity index is 821. The Morgan fingerprint density at radius 1 is 1.14 bits per heavy atom. The van der Waals surface area contributed by atoms with E-state index in [2.05, 4.69) is 44.1 Å². The van der Waals surface area contributed by atoms with Gasteiger partial charge in [-0.3, -0.25) is 9.79 Å². The predicted octanol–water partition coefficient (Wildman–Crippen LogP) is 2.24. The summed E-state index contributed by atoms with van der Waals surface area (Å²) in [5.74, 6) is 2.42. The fourth-order valence-electron chi connectivity index (χ4n) is 4.72. The third-order valence-corrected chi connectivity index (χ3v) is 7.76. The summed E-state index contributed by atoms with van der Waals surface area (Å²) in [7, 11) is 0. The van der Waals surface area contributed by atoms with Gasteiger partial charge in [-0.05, 0) is 24.5 Å². The van der Waals surface area contributed by atoms with Crippen LogP contribution in [0.15, 0.2) is 47.8 Å². The first-order valence-electron chi connectivity index (χ1n) is 9.63. The van der Waals surface area contributed by atoms with Crippen molar-refractivity contribution in [3.63, 3.8) is 0 Å². The number of carbonyl (C=O) groups is 1. The standard InChI is InChI=1S/C20H23N5OS.ClH/c26-18(24-10-12-25(13-11-24)19-22-7-3-8-23-19)15-14-27-20-6-2-1-4-17(20)21-9-5-16(15)20;/h1-4,6-8,15-16H,5,9-14H2;1H. The quantitative estimate of drug-likeness (QED) is 0.738. The average Bonchev–Trinajstić information content (AvgIpc) is 3.12. The molecule has 4 aliphatic rings. The van der Waals surface area contributed by atoms with Gasteiger partial charge >= 0.3 is 0 Å². The first-order chi connectivity index (χ1) is 13.3. The second-order valence-electron chi connectivity index (χ2n) is 7.45. The van der Waals surface area contributed by atoms with E-state index in [0.717, 1.165) is 56.6 Å². The molecule has 2 saturated heterocycles. The molecule has 0 N–H and O–H groups in total. The number of rotatable bonds is 2. The summed E-state index contributed by atoms with van der Waals surface area (Å²) >= 11 is 1.91. The van der Waals surface area contributed by atoms with Crippen LogP contribution in [0, 0.1) is 11.8 Å². The van der Waals surface area contributed by atoms with Crippen LogP contribution < -0.4 is 4.90 Å². The van der Waals surface area contributed by atoms with E-state index < -0.39 is 0 Å². The molecule has 4 heterocycles. The molecule has 6 nitrogen and oxygen atoms in total. The Labute approximate surface area is 175 Å². The number of hydrogen-bond acceptors (Lipinski definition) is 6. The van der Waals surface area contributed by atoms with Gasteiger partial charge < -0.3 is 9.80 Å². The Morgan fingerprint density at radius 3 is 2.71 bits per heavy atom. The first-order valence-corrected chi connectivity index (χ1v) is 10.6. The number of allylic oxidation sites excluding steroid dienone is 3. The van der Waals surface area contributed by atoms with Gasteiger partial charge in [0, 0.05) is 50.9 Å². The molecule has 3 unspecified atom stereocenters. The molecule has 0 radical (unpaired) electrons. The van der Waals surface area contributed by atoms with Gasteiger partial charge in [0.1, 0.15) is 0 Å². The third-order valence-electron chi connectivity index (χ3n) is 6.11. The Hall–Kier alpha value is -1.86. The fraction of sp³-hybridized carbons (Fsp3) is 0.500. The normalized spacial score (nSPS) is 30.9. The highest BCUT2D eigenvalue weighted by atomic mass is 35.5. The molecule has 1 aromatic rings. The lowest BCUT2D eigenvalue weighted by atomic mass is 9.74. The van der Waals surface area contributed by atoms with Gasteiger partial charge in [-0.2, -0.15) is 0 Å². The zero-order chi connectivity index (χ0) is 18.3. The van der Waals surface area contributed by atoms with Crippen LogP contribution in [-0.2, 0) is 4.79 Å². The highest BCUT2D eigenvalue weighted by Crippen LogP contribution is 2.53. The highest BCUT2D eigenvalue weighted by molar-refractivity contribution is 8.02. The van der Waals surface area contributed by atoms with Crippen molar-refractivity contribution in [2.45, 2.75) is 11.2 Å². The van der Waals surface area contributed by atoms with Crippen LogP contribution in [0.1, 0.15) is 6.42 Å². The highest BCUT2D eigenvalue weighted by Gasteiger charge is 2.54. The fourth-order valence-corrected chi connectivity index (χ4v) is 6.50. The number of amides is 1. The number of thioether (sulfide) groups is 1. The van der Waals surface area contributed by atoms with Crippen LogP contribution >= 0.6 is 24.2 Å². The van der Waals surface area contributed by atoms with Crippen LogP contribution in [0.25, 0.3) is 0 Å². The van der Waals surface area contributed by atoms with E-state index in [4.69, 9.17) is 4.99 Å². The van der Waals surface area contributed by atoms with Crippen molar-refractivity contribution in [1.29, 1.82) is 0 Å². The summed E-state index contributed by atoms with van der Waals surface area (Å²) in [6.07, 6.45) is 13.1. The van der Waals surface area contributed by atoms with Gasteiger partial charge in [-0.25, -0.2) is 9.97 Å². The zero-order valence-electron chi connectivity index (χ0n) is 15.6. The van der Waals surface area contributed by atoms with E-state index in [1.54, 1.807) is 12.4 Å². The first kappa shape index (κ1) is 19.5. The Morgan fingerprint density at radius 2 is 1.93 bits per heavy atom. The van der Waals surface area contributed by atoms with Crippen molar-refractivity contribution in [3.05, 3.63) is 42.8 Å². The largest absolute Gasteiger partial charge is 0.339 e. The molecule has 0 saturated carbocycles. The molecule has 8 heteroatoms. The minimum atomic E-state index is -0.0764. The molecular formula is C20H24ClN5OS. The van der Waals surface area contributed by atoms with Crippen molar-refractivity contribution in [2.24, 2.45) is 16.8 Å². The molecule has 1 aromatic heterocycles. The zero-order valence-corrected chi connectivity index (χ0v) is 17.2. The maximum atomic E-state index is 13.4. The Kier molecular flexibility index (Phi) is 5.47. The van der Waals surface area contributed by atoms with Gasteiger partial charge in [0.25, 0.3) is 0 Å². The number of hydrogen-bond donors (Lipinski definition) is 0. The van der Waals surface area contributed by atoms with E-state index in [9.17, 15) is 4.79 Å². The van der Waals surface area contributed by atoms with Gasteiger partial charge in [0.05, 0.1) is 16.4 Å². The number of nitrogens with zero attached hydrogens (tertiary/aromatic N) is 5. The molecule has 5 rings (SSSR count). The monoisotopic (exact) mass is 417 g/mol. The number of aliphatic imine (C=N–C) groups is 1. The van der Waals surface area contributed by atoms with Crippen LogP contribution in [0.4, 0.5) is 5.95 Å². The van der Waals surface area contributed by atoms with Crippen LogP contribution in [0.2, 0.25) is 0 Å². The van der Waals surface area contributed by atoms with E-state index in [-0.39, 0.29) is 23.1 Å². The summed E-state index contributed by atoms with van der Waals surface area (Å²) in [5.41, 5.74) is 1.16. The van der Waals surface area contributed by atoms with Crippen molar-refractivity contribution in [3.8, 4) is 0 Å². The van der Waals surface area contributed by atoms with Crippen molar-refractivity contribution in [2.75, 3.05) is 43.4 Å². The van der Waals surface area contributed by atoms with Gasteiger partial charge in [0.2, 0.25) is 11.9 Å². The molecule has 1 aliphatic carbocycles. The molecule has 3 aliphatic heterocycles. The van der Waals surface area contributed by atoms with Crippen LogP contribution in [-0.4, -0.2) is 69.7 Å². The molecule has 28 heavy (non-hydrogen) atoms. The number of halogens is 1. The minimum absolute atomic E-state index is 0. The second kappa shape index (κ2) is 7.87. The summed E-state index contributed by atoms with van der Waals surface area (Å²) in [5, 5.41) is 0. The number of aromatic nitrogens is 2. The van der Waals surface area contributed by atoms with E-state index in [1.807, 2.05) is 17.8 Å². The smallest absolute Gasteiger partial charge is 0.226 e. The van der Waals surface area contributed by atoms with Gasteiger partial charge in [-0.1, -0.05) is 18.2 Å². The van der Waals surface area contributed by atoms with Crippen molar-refractivity contribution in [1.82, 2.24) is 14.9 Å². The summed E-state index contributed by atoms with van der Waals surface area (Å²) in [6, 6.07) is 1.83. The lowest BCUT2D eigenvalue weighted by molar-refractivity contribution is -0.136. The number of anilines is 1. The Balaban J connectivity index is 0.00000192. The second-order valence-corrected chi connectivity index (χ2v) is 8.75. The summed E-state index contributed by atoms with van der Waals surface area (Å²) < 4.78 is -0.0764. The third kappa shape index (κ3) is 3.14. The molecule has 1 spiro atoms. The van der Waals surface area contributed by atoms with Crippen molar-refractivity contribution >= 4 is 41.7 Å². The van der Waals surface area contributed by atoms with E-state index >= 15 is 0 Å². The van der Waals surface area contributed by atoms with Gasteiger partial charge in [-0.15, -0.1) is 24.2 Å². The van der Waals surface area contributed by atoms with Crippen molar-refractivity contribution < 1.29 is 4.79 Å². The maximum Gasteiger partial charge on any atom is 0.226 e. The number of carbonyl (C=O) groups excluding carboxylic acids is 1. The molecule has 0 aromatic carbocycles. The lowest BCUT2D eigenvalue weighted by Crippen LogP contribution is -2.53. The molecular weight excluding hydrogens is 394 g/mol. The summed E-state index contributed by atoms with van der Waals surface area (Å²) in [6.45, 7) is 3.91. The molecule has 148 valence electrons.